The maximum Gasteiger partial charge on any atom is 0.238 e. The van der Waals surface area contributed by atoms with Gasteiger partial charge in [-0.05, 0) is 36.1 Å². The third kappa shape index (κ3) is 2.01. The highest BCUT2D eigenvalue weighted by Crippen LogP contribution is 2.46. The molecule has 4 N–H and O–H groups in total. The topological polar surface area (TPSA) is 110 Å². The van der Waals surface area contributed by atoms with Crippen LogP contribution in [0, 0.1) is 0 Å². The number of carbonyl (C=O) groups excluding carboxylic acids is 2. The van der Waals surface area contributed by atoms with Gasteiger partial charge in [0, 0.05) is 17.4 Å². The van der Waals surface area contributed by atoms with Crippen molar-refractivity contribution < 1.29 is 9.59 Å². The monoisotopic (exact) mass is 309 g/mol. The molecule has 2 aliphatic rings. The Balaban J connectivity index is 1.70. The van der Waals surface area contributed by atoms with Crippen LogP contribution in [-0.2, 0) is 27.8 Å². The largest absolute Gasteiger partial charge is 0.325 e. The van der Waals surface area contributed by atoms with Crippen LogP contribution in [0.2, 0.25) is 0 Å². The van der Waals surface area contributed by atoms with Crippen molar-refractivity contribution >= 4 is 23.3 Å². The van der Waals surface area contributed by atoms with Crippen molar-refractivity contribution in [1.82, 2.24) is 9.97 Å². The van der Waals surface area contributed by atoms with Crippen LogP contribution < -0.4 is 16.4 Å². The van der Waals surface area contributed by atoms with Crippen molar-refractivity contribution in [3.63, 3.8) is 0 Å². The van der Waals surface area contributed by atoms with E-state index in [-0.39, 0.29) is 18.4 Å². The summed E-state index contributed by atoms with van der Waals surface area (Å²) in [6, 6.07) is 5.69. The summed E-state index contributed by atoms with van der Waals surface area (Å²) < 4.78 is 0. The first kappa shape index (κ1) is 13.8. The van der Waals surface area contributed by atoms with Crippen molar-refractivity contribution in [3.05, 3.63) is 47.4 Å². The second-order valence-corrected chi connectivity index (χ2v) is 5.91. The fraction of sp³-hybridized carbons (Fsp3) is 0.250. The first-order chi connectivity index (χ1) is 11.1. The van der Waals surface area contributed by atoms with E-state index >= 15 is 0 Å². The van der Waals surface area contributed by atoms with Gasteiger partial charge in [-0.25, -0.2) is 9.97 Å². The summed E-state index contributed by atoms with van der Waals surface area (Å²) in [5.74, 6) is 0.307. The Morgan fingerprint density at radius 2 is 2.17 bits per heavy atom. The Morgan fingerprint density at radius 1 is 1.35 bits per heavy atom. The molecule has 1 atom stereocenters. The molecule has 0 fully saturated rings. The number of anilines is 2. The minimum atomic E-state index is -0.643. The smallest absolute Gasteiger partial charge is 0.238 e. The second kappa shape index (κ2) is 4.85. The zero-order valence-electron chi connectivity index (χ0n) is 12.3. The van der Waals surface area contributed by atoms with Gasteiger partial charge in [-0.2, -0.15) is 0 Å². The van der Waals surface area contributed by atoms with Crippen molar-refractivity contribution in [3.8, 4) is 0 Å². The summed E-state index contributed by atoms with van der Waals surface area (Å²) in [6.45, 7) is -0.0614. The molecule has 1 aliphatic heterocycles. The van der Waals surface area contributed by atoms with E-state index in [1.165, 1.54) is 6.33 Å². The van der Waals surface area contributed by atoms with Crippen molar-refractivity contribution in [2.75, 3.05) is 17.2 Å². The first-order valence-electron chi connectivity index (χ1n) is 7.36. The third-order valence-corrected chi connectivity index (χ3v) is 4.55. The van der Waals surface area contributed by atoms with Crippen molar-refractivity contribution in [1.29, 1.82) is 0 Å². The number of hydrogen-bond donors (Lipinski definition) is 3. The fourth-order valence-electron chi connectivity index (χ4n) is 3.45. The number of nitrogens with one attached hydrogen (secondary N) is 2. The predicted octanol–water partition coefficient (Wildman–Crippen LogP) is 0.362. The van der Waals surface area contributed by atoms with Crippen LogP contribution in [0.4, 0.5) is 11.5 Å². The Hall–Kier alpha value is -2.80. The minimum absolute atomic E-state index is 0.0447. The van der Waals surface area contributed by atoms with E-state index in [2.05, 4.69) is 20.6 Å². The van der Waals surface area contributed by atoms with Crippen LogP contribution >= 0.6 is 0 Å². The molecular weight excluding hydrogens is 294 g/mol. The molecule has 7 nitrogen and oxygen atoms in total. The zero-order valence-corrected chi connectivity index (χ0v) is 12.3. The molecule has 0 bridgehead atoms. The number of fused-ring (bicyclic) bond motifs is 3. The second-order valence-electron chi connectivity index (χ2n) is 5.91. The van der Waals surface area contributed by atoms with Gasteiger partial charge in [-0.3, -0.25) is 9.59 Å². The normalized spacial score (nSPS) is 21.0. The summed E-state index contributed by atoms with van der Waals surface area (Å²) in [5, 5.41) is 5.59. The molecule has 1 aliphatic carbocycles. The first-order valence-corrected chi connectivity index (χ1v) is 7.36. The Morgan fingerprint density at radius 3 is 3.00 bits per heavy atom. The number of carbonyl (C=O) groups is 2. The molecule has 4 rings (SSSR count). The molecule has 0 saturated carbocycles. The van der Waals surface area contributed by atoms with Crippen LogP contribution in [0.5, 0.6) is 0 Å². The highest BCUT2D eigenvalue weighted by atomic mass is 16.2. The SMILES string of the molecule is NCC(=O)Nc1ccc2c(c1)CC1(C2)C(=O)Nc2ncncc21. The van der Waals surface area contributed by atoms with Crippen LogP contribution in [0.25, 0.3) is 0 Å². The molecule has 1 aromatic heterocycles. The molecule has 2 amide bonds. The standard InChI is InChI=1S/C16H15N5O2/c17-6-13(22)20-11-2-1-9-4-16(5-10(9)3-11)12-7-18-8-19-14(12)21-15(16)23/h1-3,7-8H,4-6,17H2,(H,20,22)(H,18,19,21,23). The van der Waals surface area contributed by atoms with E-state index in [4.69, 9.17) is 5.73 Å². The molecule has 1 spiro atoms. The van der Waals surface area contributed by atoms with E-state index in [0.717, 1.165) is 16.7 Å². The molecule has 0 radical (unpaired) electrons. The van der Waals surface area contributed by atoms with Gasteiger partial charge in [0.2, 0.25) is 11.8 Å². The van der Waals surface area contributed by atoms with Gasteiger partial charge in [0.1, 0.15) is 12.1 Å². The molecule has 1 aromatic carbocycles. The molecular formula is C16H15N5O2. The van der Waals surface area contributed by atoms with Crippen molar-refractivity contribution in [2.45, 2.75) is 18.3 Å². The van der Waals surface area contributed by atoms with E-state index < -0.39 is 5.41 Å². The van der Waals surface area contributed by atoms with Gasteiger partial charge in [0.15, 0.2) is 0 Å². The molecule has 0 saturated heterocycles. The molecule has 2 heterocycles. The van der Waals surface area contributed by atoms with Gasteiger partial charge in [-0.1, -0.05) is 6.07 Å². The number of amides is 2. The number of benzene rings is 1. The highest BCUT2D eigenvalue weighted by Gasteiger charge is 2.51. The average Bonchev–Trinajstić information content (AvgIpc) is 3.06. The summed E-state index contributed by atoms with van der Waals surface area (Å²) in [5.41, 5.74) is 8.36. The maximum atomic E-state index is 12.6. The number of aromatic nitrogens is 2. The lowest BCUT2D eigenvalue weighted by atomic mass is 9.80. The Labute approximate surface area is 132 Å². The predicted molar refractivity (Wildman–Crippen MR) is 83.9 cm³/mol. The van der Waals surface area contributed by atoms with Gasteiger partial charge in [0.05, 0.1) is 12.0 Å². The van der Waals surface area contributed by atoms with Crippen LogP contribution in [0.3, 0.4) is 0 Å². The summed E-state index contributed by atoms with van der Waals surface area (Å²) >= 11 is 0. The van der Waals surface area contributed by atoms with Crippen LogP contribution in [-0.4, -0.2) is 28.3 Å². The van der Waals surface area contributed by atoms with Crippen molar-refractivity contribution in [2.24, 2.45) is 5.73 Å². The van der Waals surface area contributed by atoms with Gasteiger partial charge >= 0.3 is 0 Å². The van der Waals surface area contributed by atoms with E-state index in [1.807, 2.05) is 18.2 Å². The number of hydrogen-bond acceptors (Lipinski definition) is 5. The van der Waals surface area contributed by atoms with E-state index in [0.29, 0.717) is 24.3 Å². The van der Waals surface area contributed by atoms with Gasteiger partial charge in [0.25, 0.3) is 0 Å². The third-order valence-electron chi connectivity index (χ3n) is 4.55. The molecule has 7 heteroatoms. The number of nitrogens with two attached hydrogens (primary N) is 1. The summed E-state index contributed by atoms with van der Waals surface area (Å²) in [4.78, 5) is 32.2. The lowest BCUT2D eigenvalue weighted by Gasteiger charge is -2.19. The lowest BCUT2D eigenvalue weighted by Crippen LogP contribution is -2.35. The van der Waals surface area contributed by atoms with Crippen LogP contribution in [0.15, 0.2) is 30.7 Å². The minimum Gasteiger partial charge on any atom is -0.325 e. The lowest BCUT2D eigenvalue weighted by molar-refractivity contribution is -0.120. The Bertz CT molecular complexity index is 835. The highest BCUT2D eigenvalue weighted by molar-refractivity contribution is 6.06. The van der Waals surface area contributed by atoms with E-state index in [9.17, 15) is 9.59 Å². The zero-order chi connectivity index (χ0) is 16.0. The van der Waals surface area contributed by atoms with Crippen LogP contribution in [0.1, 0.15) is 16.7 Å². The number of rotatable bonds is 2. The molecule has 116 valence electrons. The molecule has 1 unspecified atom stereocenters. The maximum absolute atomic E-state index is 12.6. The van der Waals surface area contributed by atoms with Gasteiger partial charge in [-0.15, -0.1) is 0 Å². The quantitative estimate of drug-likeness (QED) is 0.742. The molecule has 23 heavy (non-hydrogen) atoms. The number of nitrogens with zero attached hydrogens (tertiary/aromatic N) is 2. The van der Waals surface area contributed by atoms with Gasteiger partial charge < -0.3 is 16.4 Å². The molecule has 2 aromatic rings. The summed E-state index contributed by atoms with van der Waals surface area (Å²) in [7, 11) is 0. The fourth-order valence-corrected chi connectivity index (χ4v) is 3.45. The Kier molecular flexibility index (Phi) is 2.92. The van der Waals surface area contributed by atoms with E-state index in [1.54, 1.807) is 6.20 Å². The summed E-state index contributed by atoms with van der Waals surface area (Å²) in [6.07, 6.45) is 4.32. The average molecular weight is 309 g/mol.